The van der Waals surface area contributed by atoms with Crippen molar-refractivity contribution in [2.24, 2.45) is 18.9 Å². The van der Waals surface area contributed by atoms with Crippen LogP contribution in [0.4, 0.5) is 0 Å². The van der Waals surface area contributed by atoms with Crippen molar-refractivity contribution in [3.05, 3.63) is 17.5 Å². The Balaban J connectivity index is 1.49. The van der Waals surface area contributed by atoms with E-state index in [1.807, 2.05) is 6.20 Å². The molecule has 1 saturated heterocycles. The number of nitrogens with zero attached hydrogens (tertiary/aromatic N) is 4. The average molecular weight is 345 g/mol. The van der Waals surface area contributed by atoms with Gasteiger partial charge in [0.05, 0.1) is 6.20 Å². The van der Waals surface area contributed by atoms with Crippen LogP contribution in [0.25, 0.3) is 0 Å². The Kier molecular flexibility index (Phi) is 4.61. The summed E-state index contributed by atoms with van der Waals surface area (Å²) in [6.45, 7) is 8.32. The number of hydrogen-bond donors (Lipinski definition) is 0. The first-order valence-electron chi connectivity index (χ1n) is 10.1. The monoisotopic (exact) mass is 344 g/mol. The minimum atomic E-state index is 0.344. The molecule has 4 rings (SSSR count). The van der Waals surface area contributed by atoms with E-state index >= 15 is 0 Å². The highest BCUT2D eigenvalue weighted by molar-refractivity contribution is 5.77. The summed E-state index contributed by atoms with van der Waals surface area (Å²) in [6.07, 6.45) is 7.92. The summed E-state index contributed by atoms with van der Waals surface area (Å²) in [5.41, 5.74) is 2.79. The summed E-state index contributed by atoms with van der Waals surface area (Å²) in [6, 6.07) is 0.344. The lowest BCUT2D eigenvalue weighted by molar-refractivity contribution is -0.133. The predicted molar refractivity (Wildman–Crippen MR) is 98.1 cm³/mol. The van der Waals surface area contributed by atoms with Gasteiger partial charge in [0.15, 0.2) is 0 Å². The molecule has 5 heteroatoms. The van der Waals surface area contributed by atoms with E-state index in [1.54, 1.807) is 0 Å². The van der Waals surface area contributed by atoms with Crippen molar-refractivity contribution in [3.63, 3.8) is 0 Å². The van der Waals surface area contributed by atoms with Gasteiger partial charge in [0.2, 0.25) is 5.91 Å². The molecule has 0 aromatic carbocycles. The van der Waals surface area contributed by atoms with Crippen molar-refractivity contribution in [1.29, 1.82) is 0 Å². The lowest BCUT2D eigenvalue weighted by Gasteiger charge is -2.35. The maximum atomic E-state index is 12.8. The second-order valence-electron chi connectivity index (χ2n) is 8.74. The third-order valence-corrected chi connectivity index (χ3v) is 6.15. The van der Waals surface area contributed by atoms with E-state index in [2.05, 4.69) is 40.5 Å². The van der Waals surface area contributed by atoms with Crippen LogP contribution in [0.5, 0.6) is 0 Å². The van der Waals surface area contributed by atoms with Crippen molar-refractivity contribution < 1.29 is 4.79 Å². The van der Waals surface area contributed by atoms with Gasteiger partial charge in [0, 0.05) is 62.9 Å². The second-order valence-corrected chi connectivity index (χ2v) is 8.74. The van der Waals surface area contributed by atoms with E-state index in [-0.39, 0.29) is 0 Å². The quantitative estimate of drug-likeness (QED) is 0.797. The van der Waals surface area contributed by atoms with Crippen LogP contribution in [-0.2, 0) is 18.4 Å². The van der Waals surface area contributed by atoms with Crippen LogP contribution in [0.15, 0.2) is 6.20 Å². The van der Waals surface area contributed by atoms with Crippen LogP contribution < -0.4 is 0 Å². The van der Waals surface area contributed by atoms with Crippen molar-refractivity contribution >= 4 is 5.91 Å². The number of aromatic nitrogens is 2. The molecule has 1 amide bonds. The minimum absolute atomic E-state index is 0.344. The molecule has 0 bridgehead atoms. The SMILES string of the molecule is CC(C)[C@H]1CN(Cc2cnn(C)c2C2CC2)CCC(=O)N1CC1CC1. The average Bonchev–Trinajstić information content (AvgIpc) is 3.47. The topological polar surface area (TPSA) is 41.4 Å². The third-order valence-electron chi connectivity index (χ3n) is 6.15. The van der Waals surface area contributed by atoms with Gasteiger partial charge < -0.3 is 4.90 Å². The molecule has 2 heterocycles. The summed E-state index contributed by atoms with van der Waals surface area (Å²) in [5.74, 6) is 2.33. The molecular formula is C20H32N4O. The molecule has 1 aromatic rings. The number of hydrogen-bond acceptors (Lipinski definition) is 3. The molecule has 0 unspecified atom stereocenters. The molecule has 1 atom stereocenters. The van der Waals surface area contributed by atoms with E-state index in [1.165, 1.54) is 36.9 Å². The van der Waals surface area contributed by atoms with Gasteiger partial charge in [-0.2, -0.15) is 5.10 Å². The van der Waals surface area contributed by atoms with Crippen molar-refractivity contribution in [2.75, 3.05) is 19.6 Å². The molecular weight excluding hydrogens is 312 g/mol. The van der Waals surface area contributed by atoms with Gasteiger partial charge in [-0.1, -0.05) is 13.8 Å². The highest BCUT2D eigenvalue weighted by Crippen LogP contribution is 2.41. The van der Waals surface area contributed by atoms with Crippen LogP contribution in [0.2, 0.25) is 0 Å². The molecule has 1 aromatic heterocycles. The number of rotatable bonds is 6. The molecule has 5 nitrogen and oxygen atoms in total. The zero-order chi connectivity index (χ0) is 17.6. The Morgan fingerprint density at radius 2 is 2.00 bits per heavy atom. The van der Waals surface area contributed by atoms with Crippen molar-refractivity contribution in [1.82, 2.24) is 19.6 Å². The van der Waals surface area contributed by atoms with Gasteiger partial charge in [-0.25, -0.2) is 0 Å². The van der Waals surface area contributed by atoms with Crippen LogP contribution in [0.1, 0.15) is 63.1 Å². The van der Waals surface area contributed by atoms with Gasteiger partial charge >= 0.3 is 0 Å². The lowest BCUT2D eigenvalue weighted by atomic mass is 10.0. The Morgan fingerprint density at radius 1 is 1.24 bits per heavy atom. The molecule has 138 valence electrons. The number of aryl methyl sites for hydroxylation is 1. The highest BCUT2D eigenvalue weighted by atomic mass is 16.2. The number of carbonyl (C=O) groups is 1. The fourth-order valence-electron chi connectivity index (χ4n) is 4.31. The Morgan fingerprint density at radius 3 is 2.64 bits per heavy atom. The summed E-state index contributed by atoms with van der Waals surface area (Å²) in [4.78, 5) is 17.5. The predicted octanol–water partition coefficient (Wildman–Crippen LogP) is 2.77. The van der Waals surface area contributed by atoms with Gasteiger partial charge in [-0.05, 0) is 37.5 Å². The molecule has 3 aliphatic rings. The largest absolute Gasteiger partial charge is 0.338 e. The first-order valence-corrected chi connectivity index (χ1v) is 10.1. The van der Waals surface area contributed by atoms with E-state index in [0.717, 1.165) is 32.1 Å². The summed E-state index contributed by atoms with van der Waals surface area (Å²) in [5, 5.41) is 4.51. The Bertz CT molecular complexity index is 630. The molecule has 2 saturated carbocycles. The van der Waals surface area contributed by atoms with Crippen LogP contribution in [0.3, 0.4) is 0 Å². The Labute approximate surface area is 151 Å². The van der Waals surface area contributed by atoms with Gasteiger partial charge in [-0.15, -0.1) is 0 Å². The number of carbonyl (C=O) groups excluding carboxylic acids is 1. The molecule has 25 heavy (non-hydrogen) atoms. The summed E-state index contributed by atoms with van der Waals surface area (Å²) in [7, 11) is 2.07. The zero-order valence-corrected chi connectivity index (χ0v) is 15.9. The third kappa shape index (κ3) is 3.76. The minimum Gasteiger partial charge on any atom is -0.338 e. The van der Waals surface area contributed by atoms with Crippen molar-refractivity contribution in [2.45, 2.75) is 64.5 Å². The molecule has 0 radical (unpaired) electrons. The second kappa shape index (κ2) is 6.75. The van der Waals surface area contributed by atoms with Crippen LogP contribution >= 0.6 is 0 Å². The van der Waals surface area contributed by atoms with Gasteiger partial charge in [0.25, 0.3) is 0 Å². The normalized spacial score (nSPS) is 25.7. The van der Waals surface area contributed by atoms with E-state index < -0.39 is 0 Å². The van der Waals surface area contributed by atoms with Gasteiger partial charge in [-0.3, -0.25) is 14.4 Å². The first kappa shape index (κ1) is 17.1. The fourth-order valence-corrected chi connectivity index (χ4v) is 4.31. The van der Waals surface area contributed by atoms with E-state index in [4.69, 9.17) is 0 Å². The first-order chi connectivity index (χ1) is 12.0. The molecule has 1 aliphatic heterocycles. The summed E-state index contributed by atoms with van der Waals surface area (Å²) >= 11 is 0. The molecule has 0 N–H and O–H groups in total. The molecule has 0 spiro atoms. The van der Waals surface area contributed by atoms with E-state index in [9.17, 15) is 4.79 Å². The fraction of sp³-hybridized carbons (Fsp3) is 0.800. The van der Waals surface area contributed by atoms with Gasteiger partial charge in [0.1, 0.15) is 0 Å². The molecule has 2 aliphatic carbocycles. The summed E-state index contributed by atoms with van der Waals surface area (Å²) < 4.78 is 2.06. The van der Waals surface area contributed by atoms with Crippen LogP contribution in [-0.4, -0.2) is 51.2 Å². The van der Waals surface area contributed by atoms with E-state index in [0.29, 0.717) is 30.2 Å². The molecule has 3 fully saturated rings. The van der Waals surface area contributed by atoms with Crippen molar-refractivity contribution in [3.8, 4) is 0 Å². The standard InChI is InChI=1S/C20H32N4O/c1-14(2)18-13-23(9-8-19(25)24(18)11-15-4-5-15)12-17-10-21-22(3)20(17)16-6-7-16/h10,14-16,18H,4-9,11-13H2,1-3H3/t18-/m1/s1. The van der Waals surface area contributed by atoms with Crippen LogP contribution in [0, 0.1) is 11.8 Å². The highest BCUT2D eigenvalue weighted by Gasteiger charge is 2.36. The zero-order valence-electron chi connectivity index (χ0n) is 15.9. The maximum absolute atomic E-state index is 12.8. The Hall–Kier alpha value is -1.36. The number of amides is 1. The lowest BCUT2D eigenvalue weighted by Crippen LogP contribution is -2.47. The smallest absolute Gasteiger partial charge is 0.224 e. The maximum Gasteiger partial charge on any atom is 0.224 e.